The normalized spacial score (nSPS) is 21.6. The summed E-state index contributed by atoms with van der Waals surface area (Å²) in [5, 5.41) is 3.11. The second-order valence-electron chi connectivity index (χ2n) is 4.79. The third-order valence-electron chi connectivity index (χ3n) is 3.46. The van der Waals surface area contributed by atoms with Gasteiger partial charge in [-0.3, -0.25) is 4.98 Å². The Labute approximate surface area is 110 Å². The molecule has 1 aliphatic rings. The molecule has 0 bridgehead atoms. The van der Waals surface area contributed by atoms with Crippen molar-refractivity contribution in [3.8, 4) is 0 Å². The molecule has 1 fully saturated rings. The van der Waals surface area contributed by atoms with Gasteiger partial charge in [0.15, 0.2) is 0 Å². The highest BCUT2D eigenvalue weighted by molar-refractivity contribution is 5.22. The summed E-state index contributed by atoms with van der Waals surface area (Å²) in [6, 6.07) is 2.49. The molecular weight excluding hydrogens is 257 g/mol. The topological polar surface area (TPSA) is 34.2 Å². The fourth-order valence-electron chi connectivity index (χ4n) is 2.21. The molecule has 0 spiro atoms. The largest absolute Gasteiger partial charge is 0.418 e. The van der Waals surface area contributed by atoms with Crippen molar-refractivity contribution >= 4 is 0 Å². The Hall–Kier alpha value is -1.14. The Kier molecular flexibility index (Phi) is 4.42. The van der Waals surface area contributed by atoms with Gasteiger partial charge in [-0.05, 0) is 31.4 Å². The molecule has 1 aromatic heterocycles. The Morgan fingerprint density at radius 3 is 2.95 bits per heavy atom. The number of halogens is 3. The quantitative estimate of drug-likeness (QED) is 0.916. The van der Waals surface area contributed by atoms with Crippen LogP contribution >= 0.6 is 0 Å². The number of hydrogen-bond acceptors (Lipinski definition) is 3. The van der Waals surface area contributed by atoms with Crippen molar-refractivity contribution in [1.29, 1.82) is 0 Å². The molecule has 2 atom stereocenters. The number of aromatic nitrogens is 1. The van der Waals surface area contributed by atoms with E-state index < -0.39 is 11.7 Å². The van der Waals surface area contributed by atoms with Gasteiger partial charge in [0.25, 0.3) is 0 Å². The third kappa shape index (κ3) is 3.67. The van der Waals surface area contributed by atoms with Crippen LogP contribution in [0.1, 0.15) is 24.6 Å². The maximum atomic E-state index is 12.8. The Balaban J connectivity index is 1.99. The van der Waals surface area contributed by atoms with E-state index in [-0.39, 0.29) is 18.3 Å². The van der Waals surface area contributed by atoms with Crippen LogP contribution in [0.3, 0.4) is 0 Å². The number of pyridine rings is 1. The summed E-state index contributed by atoms with van der Waals surface area (Å²) in [5.74, 6) is 0.359. The molecule has 3 nitrogen and oxygen atoms in total. The fraction of sp³-hybridized carbons (Fsp3) is 0.615. The zero-order valence-electron chi connectivity index (χ0n) is 10.7. The number of rotatable bonds is 4. The molecule has 1 N–H and O–H groups in total. The zero-order chi connectivity index (χ0) is 13.9. The molecule has 1 aliphatic heterocycles. The van der Waals surface area contributed by atoms with Gasteiger partial charge >= 0.3 is 6.18 Å². The lowest BCUT2D eigenvalue weighted by atomic mass is 10.0. The predicted octanol–water partition coefficient (Wildman–Crippen LogP) is 2.62. The molecule has 106 valence electrons. The first-order valence-electron chi connectivity index (χ1n) is 6.30. The Morgan fingerprint density at radius 2 is 2.32 bits per heavy atom. The lowest BCUT2D eigenvalue weighted by Crippen LogP contribution is -2.34. The highest BCUT2D eigenvalue weighted by Crippen LogP contribution is 2.31. The van der Waals surface area contributed by atoms with Gasteiger partial charge in [0.05, 0.1) is 17.9 Å². The molecule has 6 heteroatoms. The van der Waals surface area contributed by atoms with Crippen LogP contribution in [0.5, 0.6) is 0 Å². The van der Waals surface area contributed by atoms with Crippen molar-refractivity contribution in [2.24, 2.45) is 5.92 Å². The second-order valence-corrected chi connectivity index (χ2v) is 4.79. The van der Waals surface area contributed by atoms with Crippen molar-refractivity contribution in [3.05, 3.63) is 29.6 Å². The van der Waals surface area contributed by atoms with Gasteiger partial charge in [-0.15, -0.1) is 0 Å². The van der Waals surface area contributed by atoms with E-state index in [1.807, 2.05) is 6.92 Å². The van der Waals surface area contributed by atoms with Gasteiger partial charge in [-0.2, -0.15) is 13.2 Å². The molecule has 0 radical (unpaired) electrons. The molecule has 0 unspecified atom stereocenters. The number of hydrogen-bond donors (Lipinski definition) is 1. The lowest BCUT2D eigenvalue weighted by molar-refractivity contribution is -0.138. The summed E-state index contributed by atoms with van der Waals surface area (Å²) in [7, 11) is 0. The Bertz CT molecular complexity index is 417. The monoisotopic (exact) mass is 274 g/mol. The first-order valence-corrected chi connectivity index (χ1v) is 6.30. The molecule has 2 heterocycles. The minimum absolute atomic E-state index is 0.0424. The van der Waals surface area contributed by atoms with Crippen LogP contribution < -0.4 is 5.32 Å². The van der Waals surface area contributed by atoms with E-state index in [2.05, 4.69) is 10.3 Å². The first kappa shape index (κ1) is 14.3. The standard InChI is InChI=1S/C13H17F3N2O/c1-9(10-4-6-19-8-10)18-7-12-11(13(14,15)16)3-2-5-17-12/h2-3,5,9-10,18H,4,6-8H2,1H3/t9-,10+/m0/s1. The molecule has 0 saturated carbocycles. The van der Waals surface area contributed by atoms with Crippen LogP contribution in [-0.4, -0.2) is 24.2 Å². The summed E-state index contributed by atoms with van der Waals surface area (Å²) >= 11 is 0. The minimum atomic E-state index is -4.36. The van der Waals surface area contributed by atoms with Gasteiger partial charge < -0.3 is 10.1 Å². The van der Waals surface area contributed by atoms with Crippen molar-refractivity contribution < 1.29 is 17.9 Å². The average Bonchev–Trinajstić information content (AvgIpc) is 2.89. The number of alkyl halides is 3. The molecule has 0 aromatic carbocycles. The highest BCUT2D eigenvalue weighted by atomic mass is 19.4. The maximum absolute atomic E-state index is 12.8. The summed E-state index contributed by atoms with van der Waals surface area (Å²) in [6.45, 7) is 3.49. The van der Waals surface area contributed by atoms with E-state index in [1.54, 1.807) is 0 Å². The molecular formula is C13H17F3N2O. The molecule has 19 heavy (non-hydrogen) atoms. The van der Waals surface area contributed by atoms with E-state index in [9.17, 15) is 13.2 Å². The van der Waals surface area contributed by atoms with Gasteiger partial charge in [0.2, 0.25) is 0 Å². The van der Waals surface area contributed by atoms with Crippen molar-refractivity contribution in [3.63, 3.8) is 0 Å². The van der Waals surface area contributed by atoms with Gasteiger partial charge in [0.1, 0.15) is 0 Å². The summed E-state index contributed by atoms with van der Waals surface area (Å²) in [4.78, 5) is 3.83. The summed E-state index contributed by atoms with van der Waals surface area (Å²) in [5.41, 5.74) is -0.627. The van der Waals surface area contributed by atoms with E-state index in [1.165, 1.54) is 12.3 Å². The lowest BCUT2D eigenvalue weighted by Gasteiger charge is -2.20. The fourth-order valence-corrected chi connectivity index (χ4v) is 2.21. The van der Waals surface area contributed by atoms with Crippen molar-refractivity contribution in [2.75, 3.05) is 13.2 Å². The summed E-state index contributed by atoms with van der Waals surface area (Å²) in [6.07, 6.45) is -2.02. The molecule has 0 aliphatic carbocycles. The van der Waals surface area contributed by atoms with Crippen LogP contribution in [0.2, 0.25) is 0 Å². The molecule has 0 amide bonds. The number of nitrogens with one attached hydrogen (secondary N) is 1. The van der Waals surface area contributed by atoms with Gasteiger partial charge in [-0.25, -0.2) is 0 Å². The molecule has 1 aromatic rings. The smallest absolute Gasteiger partial charge is 0.381 e. The van der Waals surface area contributed by atoms with Crippen LogP contribution in [0.25, 0.3) is 0 Å². The SMILES string of the molecule is C[C@H](NCc1ncccc1C(F)(F)F)[C@@H]1CCOC1. The van der Waals surface area contributed by atoms with Crippen LogP contribution in [0.15, 0.2) is 18.3 Å². The minimum Gasteiger partial charge on any atom is -0.381 e. The van der Waals surface area contributed by atoms with Crippen LogP contribution in [0, 0.1) is 5.92 Å². The van der Waals surface area contributed by atoms with E-state index in [0.717, 1.165) is 19.1 Å². The second kappa shape index (κ2) is 5.88. The third-order valence-corrected chi connectivity index (χ3v) is 3.46. The average molecular weight is 274 g/mol. The summed E-state index contributed by atoms with van der Waals surface area (Å²) < 4.78 is 43.6. The van der Waals surface area contributed by atoms with E-state index in [0.29, 0.717) is 12.5 Å². The van der Waals surface area contributed by atoms with E-state index >= 15 is 0 Å². The predicted molar refractivity (Wildman–Crippen MR) is 64.5 cm³/mol. The maximum Gasteiger partial charge on any atom is 0.418 e. The van der Waals surface area contributed by atoms with Gasteiger partial charge in [-0.1, -0.05) is 0 Å². The highest BCUT2D eigenvalue weighted by Gasteiger charge is 2.33. The van der Waals surface area contributed by atoms with Crippen molar-refractivity contribution in [1.82, 2.24) is 10.3 Å². The van der Waals surface area contributed by atoms with Gasteiger partial charge in [0, 0.05) is 25.4 Å². The number of nitrogens with zero attached hydrogens (tertiary/aromatic N) is 1. The molecule has 2 rings (SSSR count). The van der Waals surface area contributed by atoms with Crippen LogP contribution in [-0.2, 0) is 17.5 Å². The van der Waals surface area contributed by atoms with E-state index in [4.69, 9.17) is 4.74 Å². The Morgan fingerprint density at radius 1 is 1.53 bits per heavy atom. The van der Waals surface area contributed by atoms with Crippen LogP contribution in [0.4, 0.5) is 13.2 Å². The van der Waals surface area contributed by atoms with Crippen molar-refractivity contribution in [2.45, 2.75) is 32.1 Å². The first-order chi connectivity index (χ1) is 8.98. The zero-order valence-corrected chi connectivity index (χ0v) is 10.7. The molecule has 1 saturated heterocycles. The number of ether oxygens (including phenoxy) is 1.